The van der Waals surface area contributed by atoms with Crippen molar-refractivity contribution in [2.45, 2.75) is 38.9 Å². The minimum absolute atomic E-state index is 0.321. The van der Waals surface area contributed by atoms with Crippen LogP contribution in [0, 0.1) is 6.92 Å². The third-order valence-electron chi connectivity index (χ3n) is 7.08. The smallest absolute Gasteiger partial charge is 0.325 e. The lowest BCUT2D eigenvalue weighted by atomic mass is 9.91. The lowest BCUT2D eigenvalue weighted by Gasteiger charge is -2.22. The summed E-state index contributed by atoms with van der Waals surface area (Å²) in [5.74, 6) is -0.816. The first-order valence-electron chi connectivity index (χ1n) is 12.2. The second-order valence-corrected chi connectivity index (χ2v) is 9.71. The fourth-order valence-corrected chi connectivity index (χ4v) is 4.88. The van der Waals surface area contributed by atoms with Crippen molar-refractivity contribution in [1.29, 1.82) is 0 Å². The number of urea groups is 1. The number of carbonyl (C=O) groups excluding carboxylic acids is 3. The number of anilines is 1. The Kier molecular flexibility index (Phi) is 6.22. The van der Waals surface area contributed by atoms with Gasteiger partial charge < -0.3 is 15.5 Å². The molecule has 5 rings (SSSR count). The molecule has 184 valence electrons. The van der Waals surface area contributed by atoms with E-state index in [0.717, 1.165) is 35.5 Å². The molecule has 1 atom stereocenters. The molecule has 1 unspecified atom stereocenters. The van der Waals surface area contributed by atoms with Crippen LogP contribution >= 0.6 is 0 Å². The Bertz CT molecular complexity index is 1300. The van der Waals surface area contributed by atoms with Gasteiger partial charge in [0, 0.05) is 25.3 Å². The van der Waals surface area contributed by atoms with Gasteiger partial charge in [0.2, 0.25) is 5.91 Å². The highest BCUT2D eigenvalue weighted by molar-refractivity contribution is 6.09. The van der Waals surface area contributed by atoms with Gasteiger partial charge in [0.1, 0.15) is 12.1 Å². The van der Waals surface area contributed by atoms with Gasteiger partial charge in [-0.05, 0) is 48.6 Å². The highest BCUT2D eigenvalue weighted by Crippen LogP contribution is 2.30. The van der Waals surface area contributed by atoms with Gasteiger partial charge in [0.15, 0.2) is 0 Å². The van der Waals surface area contributed by atoms with Crippen LogP contribution in [0.4, 0.5) is 10.5 Å². The first-order chi connectivity index (χ1) is 17.3. The van der Waals surface area contributed by atoms with Crippen molar-refractivity contribution < 1.29 is 14.4 Å². The molecule has 2 N–H and O–H groups in total. The number of hydrogen-bond acceptors (Lipinski definition) is 4. The summed E-state index contributed by atoms with van der Waals surface area (Å²) in [6, 6.07) is 23.5. The molecule has 3 aromatic carbocycles. The van der Waals surface area contributed by atoms with Crippen molar-refractivity contribution in [2.75, 3.05) is 18.0 Å². The van der Waals surface area contributed by atoms with Crippen molar-refractivity contribution in [1.82, 2.24) is 15.5 Å². The van der Waals surface area contributed by atoms with Gasteiger partial charge in [-0.15, -0.1) is 0 Å². The normalized spacial score (nSPS) is 18.8. The summed E-state index contributed by atoms with van der Waals surface area (Å²) in [4.78, 5) is 41.5. The number of nitrogens with one attached hydrogen (secondary N) is 2. The number of imide groups is 1. The summed E-state index contributed by atoms with van der Waals surface area (Å²) in [7, 11) is 0. The molecule has 0 bridgehead atoms. The highest BCUT2D eigenvalue weighted by atomic mass is 16.2. The van der Waals surface area contributed by atoms with E-state index in [-0.39, 0.29) is 12.5 Å². The molecule has 1 saturated heterocycles. The largest absolute Gasteiger partial charge is 0.367 e. The Morgan fingerprint density at radius 3 is 2.42 bits per heavy atom. The van der Waals surface area contributed by atoms with Gasteiger partial charge in [-0.2, -0.15) is 0 Å². The van der Waals surface area contributed by atoms with E-state index in [1.165, 1.54) is 16.8 Å². The molecule has 3 aromatic rings. The van der Waals surface area contributed by atoms with Gasteiger partial charge in [-0.3, -0.25) is 14.5 Å². The van der Waals surface area contributed by atoms with Gasteiger partial charge in [-0.25, -0.2) is 4.79 Å². The van der Waals surface area contributed by atoms with Gasteiger partial charge in [0.05, 0.1) is 0 Å². The second-order valence-electron chi connectivity index (χ2n) is 9.71. The van der Waals surface area contributed by atoms with Crippen molar-refractivity contribution in [3.63, 3.8) is 0 Å². The summed E-state index contributed by atoms with van der Waals surface area (Å²) < 4.78 is 0. The maximum Gasteiger partial charge on any atom is 0.325 e. The Balaban J connectivity index is 1.15. The number of rotatable bonds is 7. The molecule has 4 amide bonds. The number of para-hydroxylation sites is 1. The van der Waals surface area contributed by atoms with Crippen LogP contribution in [0.5, 0.6) is 0 Å². The van der Waals surface area contributed by atoms with Crippen LogP contribution in [0.3, 0.4) is 0 Å². The van der Waals surface area contributed by atoms with Crippen molar-refractivity contribution in [3.8, 4) is 0 Å². The standard InChI is InChI=1S/C29H30N4O3/c1-20-7-13-24(14-8-20)29(2)27(35)33(28(36)31-29)19-26(34)30-17-21-9-11-22(12-10-21)18-32-16-15-23-5-3-4-6-25(23)32/h3-14H,15-19H2,1-2H3,(H,30,34)(H,31,36). The lowest BCUT2D eigenvalue weighted by molar-refractivity contribution is -0.134. The van der Waals surface area contributed by atoms with E-state index in [2.05, 4.69) is 51.9 Å². The zero-order valence-corrected chi connectivity index (χ0v) is 20.6. The number of benzene rings is 3. The SMILES string of the molecule is Cc1ccc(C2(C)NC(=O)N(CC(=O)NCc3ccc(CN4CCc5ccccc54)cc3)C2=O)cc1. The van der Waals surface area contributed by atoms with Crippen LogP contribution < -0.4 is 15.5 Å². The average Bonchev–Trinajstić information content (AvgIpc) is 3.38. The minimum Gasteiger partial charge on any atom is -0.367 e. The Labute approximate surface area is 211 Å². The predicted octanol–water partition coefficient (Wildman–Crippen LogP) is 3.64. The molecule has 7 nitrogen and oxygen atoms in total. The summed E-state index contributed by atoms with van der Waals surface area (Å²) in [5, 5.41) is 5.56. The second kappa shape index (κ2) is 9.49. The maximum absolute atomic E-state index is 13.0. The molecule has 7 heteroatoms. The van der Waals surface area contributed by atoms with Crippen LogP contribution in [0.2, 0.25) is 0 Å². The maximum atomic E-state index is 13.0. The Hall–Kier alpha value is -4.13. The Morgan fingerprint density at radius 2 is 1.67 bits per heavy atom. The molecule has 1 fully saturated rings. The third kappa shape index (κ3) is 4.56. The van der Waals surface area contributed by atoms with E-state index in [9.17, 15) is 14.4 Å². The van der Waals surface area contributed by atoms with Gasteiger partial charge in [-0.1, -0.05) is 72.3 Å². The molecule has 0 radical (unpaired) electrons. The van der Waals surface area contributed by atoms with Crippen LogP contribution in [0.25, 0.3) is 0 Å². The predicted molar refractivity (Wildman–Crippen MR) is 138 cm³/mol. The van der Waals surface area contributed by atoms with Crippen LogP contribution in [-0.4, -0.2) is 35.8 Å². The Morgan fingerprint density at radius 1 is 0.972 bits per heavy atom. The van der Waals surface area contributed by atoms with Gasteiger partial charge in [0.25, 0.3) is 5.91 Å². The van der Waals surface area contributed by atoms with E-state index >= 15 is 0 Å². The number of fused-ring (bicyclic) bond motifs is 1. The highest BCUT2D eigenvalue weighted by Gasteiger charge is 2.49. The minimum atomic E-state index is -1.18. The summed E-state index contributed by atoms with van der Waals surface area (Å²) >= 11 is 0. The molecule has 0 aromatic heterocycles. The molecule has 0 saturated carbocycles. The first-order valence-corrected chi connectivity index (χ1v) is 12.2. The number of hydrogen-bond donors (Lipinski definition) is 2. The molecular weight excluding hydrogens is 452 g/mol. The topological polar surface area (TPSA) is 81.8 Å². The van der Waals surface area contributed by atoms with Crippen molar-refractivity contribution in [2.24, 2.45) is 0 Å². The molecule has 2 aliphatic rings. The average molecular weight is 483 g/mol. The summed E-state index contributed by atoms with van der Waals surface area (Å²) in [6.45, 7) is 5.48. The number of amides is 4. The third-order valence-corrected chi connectivity index (χ3v) is 7.08. The molecular formula is C29H30N4O3. The van der Waals surface area contributed by atoms with E-state index < -0.39 is 17.5 Å². The van der Waals surface area contributed by atoms with Crippen LogP contribution in [0.15, 0.2) is 72.8 Å². The monoisotopic (exact) mass is 482 g/mol. The molecule has 0 spiro atoms. The fraction of sp³-hybridized carbons (Fsp3) is 0.276. The number of nitrogens with zero attached hydrogens (tertiary/aromatic N) is 2. The van der Waals surface area contributed by atoms with E-state index in [1.54, 1.807) is 6.92 Å². The quantitative estimate of drug-likeness (QED) is 0.504. The molecule has 0 aliphatic carbocycles. The van der Waals surface area contributed by atoms with Crippen molar-refractivity contribution in [3.05, 3.63) is 101 Å². The lowest BCUT2D eigenvalue weighted by Crippen LogP contribution is -2.43. The van der Waals surface area contributed by atoms with Crippen LogP contribution in [-0.2, 0) is 34.6 Å². The summed E-state index contributed by atoms with van der Waals surface area (Å²) in [5.41, 5.74) is 5.41. The fourth-order valence-electron chi connectivity index (χ4n) is 4.88. The van der Waals surface area contributed by atoms with Gasteiger partial charge >= 0.3 is 6.03 Å². The van der Waals surface area contributed by atoms with Crippen LogP contribution in [0.1, 0.15) is 34.7 Å². The van der Waals surface area contributed by atoms with E-state index in [4.69, 9.17) is 0 Å². The number of carbonyl (C=O) groups is 3. The van der Waals surface area contributed by atoms with E-state index in [0.29, 0.717) is 12.1 Å². The van der Waals surface area contributed by atoms with E-state index in [1.807, 2.05) is 43.3 Å². The summed E-state index contributed by atoms with van der Waals surface area (Å²) in [6.07, 6.45) is 1.07. The molecule has 2 aliphatic heterocycles. The van der Waals surface area contributed by atoms with Crippen molar-refractivity contribution >= 4 is 23.5 Å². The molecule has 2 heterocycles. The zero-order chi connectivity index (χ0) is 25.3. The zero-order valence-electron chi connectivity index (χ0n) is 20.6. The molecule has 36 heavy (non-hydrogen) atoms. The first kappa shape index (κ1) is 23.6. The number of aryl methyl sites for hydroxylation is 1.